The summed E-state index contributed by atoms with van der Waals surface area (Å²) in [7, 11) is 0. The van der Waals surface area contributed by atoms with E-state index in [9.17, 15) is 5.11 Å². The summed E-state index contributed by atoms with van der Waals surface area (Å²) >= 11 is 0. The molecule has 3 heteroatoms. The van der Waals surface area contributed by atoms with E-state index in [1.54, 1.807) is 6.33 Å². The molecule has 1 aliphatic rings. The van der Waals surface area contributed by atoms with E-state index in [1.165, 1.54) is 31.2 Å². The lowest BCUT2D eigenvalue weighted by atomic mass is 9.89. The number of pyridine rings is 1. The summed E-state index contributed by atoms with van der Waals surface area (Å²) in [6.07, 6.45) is 11.8. The molecule has 1 unspecified atom stereocenters. The van der Waals surface area contributed by atoms with Crippen LogP contribution < -0.4 is 0 Å². The van der Waals surface area contributed by atoms with Crippen LogP contribution in [0, 0.1) is 5.92 Å². The fourth-order valence-electron chi connectivity index (χ4n) is 3.59. The number of aromatic nitrogens is 2. The van der Waals surface area contributed by atoms with Crippen LogP contribution in [0.3, 0.4) is 0 Å². The van der Waals surface area contributed by atoms with Crippen molar-refractivity contribution in [1.29, 1.82) is 0 Å². The Balaban J connectivity index is 1.82. The predicted octanol–water partition coefficient (Wildman–Crippen LogP) is 5.02. The number of nitrogens with zero attached hydrogens (tertiary/aromatic N) is 2. The molecule has 1 N–H and O–H groups in total. The first-order valence-electron chi connectivity index (χ1n) is 8.93. The lowest BCUT2D eigenvalue weighted by molar-refractivity contribution is 0.176. The predicted molar refractivity (Wildman–Crippen MR) is 94.6 cm³/mol. The van der Waals surface area contributed by atoms with E-state index in [2.05, 4.69) is 37.7 Å². The second kappa shape index (κ2) is 6.88. The first-order chi connectivity index (χ1) is 11.1. The van der Waals surface area contributed by atoms with E-state index < -0.39 is 6.10 Å². The van der Waals surface area contributed by atoms with E-state index >= 15 is 0 Å². The SMILES string of the molecule is C=C(CC(CC)CC)CC(O)c1c(C2CC2)ccn2cncc12. The number of imidazole rings is 1. The van der Waals surface area contributed by atoms with Crippen molar-refractivity contribution in [3.05, 3.63) is 48.1 Å². The Morgan fingerprint density at radius 2 is 2.09 bits per heavy atom. The van der Waals surface area contributed by atoms with Gasteiger partial charge < -0.3 is 9.51 Å². The molecule has 1 aliphatic carbocycles. The third-order valence-electron chi connectivity index (χ3n) is 5.23. The maximum Gasteiger partial charge on any atom is 0.0992 e. The van der Waals surface area contributed by atoms with Crippen molar-refractivity contribution in [2.75, 3.05) is 0 Å². The minimum atomic E-state index is -0.479. The van der Waals surface area contributed by atoms with Crippen LogP contribution >= 0.6 is 0 Å². The molecule has 0 amide bonds. The molecule has 0 radical (unpaired) electrons. The highest BCUT2D eigenvalue weighted by molar-refractivity contribution is 5.59. The molecule has 3 nitrogen and oxygen atoms in total. The van der Waals surface area contributed by atoms with Gasteiger partial charge in [-0.05, 0) is 49.1 Å². The van der Waals surface area contributed by atoms with E-state index in [0.717, 1.165) is 23.1 Å². The van der Waals surface area contributed by atoms with Crippen molar-refractivity contribution in [2.24, 2.45) is 5.92 Å². The number of aliphatic hydroxyl groups is 1. The molecule has 2 aromatic heterocycles. The van der Waals surface area contributed by atoms with Crippen LogP contribution in [0.5, 0.6) is 0 Å². The molecule has 1 saturated carbocycles. The Labute approximate surface area is 139 Å². The summed E-state index contributed by atoms with van der Waals surface area (Å²) in [5.74, 6) is 1.30. The minimum Gasteiger partial charge on any atom is -0.388 e. The second-order valence-electron chi connectivity index (χ2n) is 7.00. The summed E-state index contributed by atoms with van der Waals surface area (Å²) in [6.45, 7) is 8.70. The van der Waals surface area contributed by atoms with Crippen LogP contribution in [0.4, 0.5) is 0 Å². The van der Waals surface area contributed by atoms with E-state index in [1.807, 2.05) is 10.6 Å². The Hall–Kier alpha value is -1.61. The molecule has 3 rings (SSSR count). The quantitative estimate of drug-likeness (QED) is 0.695. The molecular formula is C20H28N2O. The molecule has 2 heterocycles. The average Bonchev–Trinajstić information content (AvgIpc) is 3.28. The highest BCUT2D eigenvalue weighted by atomic mass is 16.3. The number of fused-ring (bicyclic) bond motifs is 1. The third kappa shape index (κ3) is 3.50. The summed E-state index contributed by atoms with van der Waals surface area (Å²) < 4.78 is 2.01. The van der Waals surface area contributed by atoms with Crippen LogP contribution in [-0.2, 0) is 0 Å². The lowest BCUT2D eigenvalue weighted by Crippen LogP contribution is -2.07. The summed E-state index contributed by atoms with van der Waals surface area (Å²) in [5, 5.41) is 10.9. The Morgan fingerprint density at radius 3 is 2.74 bits per heavy atom. The van der Waals surface area contributed by atoms with Crippen LogP contribution in [0.25, 0.3) is 5.52 Å². The topological polar surface area (TPSA) is 37.5 Å². The molecule has 0 saturated heterocycles. The molecule has 0 aliphatic heterocycles. The van der Waals surface area contributed by atoms with Gasteiger partial charge in [0.2, 0.25) is 0 Å². The fourth-order valence-corrected chi connectivity index (χ4v) is 3.59. The average molecular weight is 312 g/mol. The van der Waals surface area contributed by atoms with Crippen molar-refractivity contribution >= 4 is 5.52 Å². The second-order valence-corrected chi connectivity index (χ2v) is 7.00. The molecule has 23 heavy (non-hydrogen) atoms. The summed E-state index contributed by atoms with van der Waals surface area (Å²) in [6, 6.07) is 2.16. The normalized spacial score (nSPS) is 16.2. The van der Waals surface area contributed by atoms with Crippen LogP contribution in [0.1, 0.15) is 75.5 Å². The van der Waals surface area contributed by atoms with Crippen molar-refractivity contribution in [2.45, 2.75) is 64.4 Å². The standard InChI is InChI=1S/C20H28N2O/c1-4-15(5-2)10-14(3)11-19(23)20-17(16-6-7-16)8-9-22-13-21-12-18(20)22/h8-9,12-13,15-16,19,23H,3-7,10-11H2,1-2H3. The van der Waals surface area contributed by atoms with Gasteiger partial charge in [-0.1, -0.05) is 38.8 Å². The molecule has 1 fully saturated rings. The molecule has 0 bridgehead atoms. The van der Waals surface area contributed by atoms with Crippen molar-refractivity contribution < 1.29 is 5.11 Å². The van der Waals surface area contributed by atoms with Crippen molar-refractivity contribution in [3.63, 3.8) is 0 Å². The smallest absolute Gasteiger partial charge is 0.0992 e. The largest absolute Gasteiger partial charge is 0.388 e. The Morgan fingerprint density at radius 1 is 1.35 bits per heavy atom. The van der Waals surface area contributed by atoms with Gasteiger partial charge in [0.25, 0.3) is 0 Å². The zero-order valence-electron chi connectivity index (χ0n) is 14.3. The van der Waals surface area contributed by atoms with Crippen LogP contribution in [-0.4, -0.2) is 14.5 Å². The first kappa shape index (κ1) is 16.3. The van der Waals surface area contributed by atoms with Gasteiger partial charge in [-0.3, -0.25) is 0 Å². The van der Waals surface area contributed by atoms with Gasteiger partial charge in [0.05, 0.1) is 24.1 Å². The molecule has 2 aromatic rings. The zero-order valence-corrected chi connectivity index (χ0v) is 14.3. The van der Waals surface area contributed by atoms with Gasteiger partial charge in [0, 0.05) is 11.8 Å². The first-order valence-corrected chi connectivity index (χ1v) is 8.93. The van der Waals surface area contributed by atoms with Crippen molar-refractivity contribution in [1.82, 2.24) is 9.38 Å². The lowest BCUT2D eigenvalue weighted by Gasteiger charge is -2.20. The zero-order chi connectivity index (χ0) is 16.4. The fraction of sp³-hybridized carbons (Fsp3) is 0.550. The molecule has 1 atom stereocenters. The Kier molecular flexibility index (Phi) is 4.86. The molecule has 0 spiro atoms. The summed E-state index contributed by atoms with van der Waals surface area (Å²) in [4.78, 5) is 4.25. The van der Waals surface area contributed by atoms with Gasteiger partial charge in [-0.2, -0.15) is 0 Å². The highest BCUT2D eigenvalue weighted by Gasteiger charge is 2.29. The number of aliphatic hydroxyl groups excluding tert-OH is 1. The maximum atomic E-state index is 10.9. The molecule has 124 valence electrons. The van der Waals surface area contributed by atoms with Gasteiger partial charge in [-0.25, -0.2) is 4.98 Å². The van der Waals surface area contributed by atoms with Gasteiger partial charge in [-0.15, -0.1) is 0 Å². The van der Waals surface area contributed by atoms with Gasteiger partial charge in [0.1, 0.15) is 0 Å². The van der Waals surface area contributed by atoms with E-state index in [4.69, 9.17) is 0 Å². The minimum absolute atomic E-state index is 0.479. The van der Waals surface area contributed by atoms with E-state index in [-0.39, 0.29) is 0 Å². The number of hydrogen-bond acceptors (Lipinski definition) is 2. The summed E-state index contributed by atoms with van der Waals surface area (Å²) in [5.41, 5.74) is 4.57. The Bertz CT molecular complexity index is 680. The van der Waals surface area contributed by atoms with E-state index in [0.29, 0.717) is 18.3 Å². The highest BCUT2D eigenvalue weighted by Crippen LogP contribution is 2.45. The molecular weight excluding hydrogens is 284 g/mol. The maximum absolute atomic E-state index is 10.9. The van der Waals surface area contributed by atoms with Gasteiger partial charge in [0.15, 0.2) is 0 Å². The molecule has 0 aromatic carbocycles. The van der Waals surface area contributed by atoms with Crippen LogP contribution in [0.2, 0.25) is 0 Å². The number of hydrogen-bond donors (Lipinski definition) is 1. The number of rotatable bonds is 8. The monoisotopic (exact) mass is 312 g/mol. The third-order valence-corrected chi connectivity index (χ3v) is 5.23. The van der Waals surface area contributed by atoms with Gasteiger partial charge >= 0.3 is 0 Å². The van der Waals surface area contributed by atoms with Crippen molar-refractivity contribution in [3.8, 4) is 0 Å². The van der Waals surface area contributed by atoms with Crippen LogP contribution in [0.15, 0.2) is 36.9 Å².